The molecule has 1 N–H and O–H groups in total. The molecule has 0 aliphatic carbocycles. The lowest BCUT2D eigenvalue weighted by Gasteiger charge is -2.47. The molecule has 1 fully saturated rings. The van der Waals surface area contributed by atoms with E-state index in [1.807, 2.05) is 86.6 Å². The molecular weight excluding hydrogens is 619 g/mol. The number of ether oxygens (including phenoxy) is 2. The van der Waals surface area contributed by atoms with Crippen molar-refractivity contribution >= 4 is 35.2 Å². The number of rotatable bonds is 13. The number of piperazine rings is 1. The number of aliphatic carboxylic acids is 1. The third-order valence-corrected chi connectivity index (χ3v) is 8.86. The molecule has 0 saturated carbocycles. The van der Waals surface area contributed by atoms with Crippen LogP contribution in [0.15, 0.2) is 103 Å². The first kappa shape index (κ1) is 33.6. The summed E-state index contributed by atoms with van der Waals surface area (Å²) in [5.74, 6) is -0.117. The van der Waals surface area contributed by atoms with Crippen LogP contribution in [0.1, 0.15) is 29.2 Å². The van der Waals surface area contributed by atoms with Gasteiger partial charge < -0.3 is 14.6 Å². The van der Waals surface area contributed by atoms with Crippen molar-refractivity contribution in [3.8, 4) is 11.5 Å². The van der Waals surface area contributed by atoms with E-state index in [1.54, 1.807) is 0 Å². The lowest BCUT2D eigenvalue weighted by molar-refractivity contribution is -0.145. The molecule has 46 heavy (non-hydrogen) atoms. The van der Waals surface area contributed by atoms with Gasteiger partial charge in [-0.3, -0.25) is 14.6 Å². The highest BCUT2D eigenvalue weighted by atomic mass is 35.5. The lowest BCUT2D eigenvalue weighted by Crippen LogP contribution is -2.60. The summed E-state index contributed by atoms with van der Waals surface area (Å²) in [6.45, 7) is 7.30. The van der Waals surface area contributed by atoms with E-state index in [4.69, 9.17) is 32.7 Å². The molecule has 1 aliphatic rings. The zero-order valence-electron chi connectivity index (χ0n) is 26.2. The predicted molar refractivity (Wildman–Crippen MR) is 186 cm³/mol. The minimum atomic E-state index is -0.779. The summed E-state index contributed by atoms with van der Waals surface area (Å²) in [6, 6.07) is 32.0. The zero-order chi connectivity index (χ0) is 32.5. The molecule has 5 rings (SSSR count). The van der Waals surface area contributed by atoms with Gasteiger partial charge in [-0.25, -0.2) is 0 Å². The smallest absolute Gasteiger partial charge is 0.307 e. The Labute approximate surface area is 281 Å². The van der Waals surface area contributed by atoms with Crippen molar-refractivity contribution in [2.24, 2.45) is 5.92 Å². The average Bonchev–Trinajstić information content (AvgIpc) is 3.05. The van der Waals surface area contributed by atoms with Crippen molar-refractivity contribution in [1.82, 2.24) is 9.80 Å². The van der Waals surface area contributed by atoms with Crippen LogP contribution in [0.3, 0.4) is 0 Å². The number of benzene rings is 4. The topological polar surface area (TPSA) is 62.2 Å². The molecule has 8 heteroatoms. The Kier molecular flexibility index (Phi) is 11.8. The van der Waals surface area contributed by atoms with Gasteiger partial charge in [-0.1, -0.05) is 115 Å². The molecule has 0 aromatic heterocycles. The van der Waals surface area contributed by atoms with Crippen LogP contribution in [0.2, 0.25) is 10.0 Å². The molecule has 3 unspecified atom stereocenters. The van der Waals surface area contributed by atoms with E-state index in [1.165, 1.54) is 5.56 Å². The fourth-order valence-corrected chi connectivity index (χ4v) is 6.57. The second-order valence-electron chi connectivity index (χ2n) is 11.8. The minimum Gasteiger partial charge on any atom is -0.490 e. The second-order valence-corrected chi connectivity index (χ2v) is 12.6. The van der Waals surface area contributed by atoms with Crippen molar-refractivity contribution in [1.29, 1.82) is 0 Å². The minimum absolute atomic E-state index is 0.0120. The van der Waals surface area contributed by atoms with Gasteiger partial charge in [0.2, 0.25) is 0 Å². The number of halogens is 2. The number of hydrogen-bond donors (Lipinski definition) is 1. The molecule has 240 valence electrons. The highest BCUT2D eigenvalue weighted by Crippen LogP contribution is 2.34. The van der Waals surface area contributed by atoms with E-state index in [0.29, 0.717) is 42.1 Å². The SMILES string of the molecule is Cc1cc(Cl)c(OCCOc2ccc(/C=C/C3CN(Cc4ccccc4)CC(C(C)C(=O)O)N3Cc3ccccc3)cc2)c(Cl)c1. The van der Waals surface area contributed by atoms with Gasteiger partial charge in [0.25, 0.3) is 0 Å². The molecule has 3 atom stereocenters. The predicted octanol–water partition coefficient (Wildman–Crippen LogP) is 8.25. The van der Waals surface area contributed by atoms with E-state index >= 15 is 0 Å². The zero-order valence-corrected chi connectivity index (χ0v) is 27.7. The molecule has 1 saturated heterocycles. The highest BCUT2D eigenvalue weighted by molar-refractivity contribution is 6.37. The monoisotopic (exact) mass is 658 g/mol. The lowest BCUT2D eigenvalue weighted by atomic mass is 9.93. The maximum absolute atomic E-state index is 12.3. The van der Waals surface area contributed by atoms with Gasteiger partial charge in [0.05, 0.1) is 16.0 Å². The first-order valence-electron chi connectivity index (χ1n) is 15.5. The fourth-order valence-electron chi connectivity index (χ4n) is 5.87. The van der Waals surface area contributed by atoms with Crippen molar-refractivity contribution in [2.75, 3.05) is 26.3 Å². The largest absolute Gasteiger partial charge is 0.490 e. The van der Waals surface area contributed by atoms with Gasteiger partial charge in [0, 0.05) is 38.3 Å². The van der Waals surface area contributed by atoms with Gasteiger partial charge in [-0.2, -0.15) is 0 Å². The molecule has 1 aliphatic heterocycles. The van der Waals surface area contributed by atoms with Gasteiger partial charge in [0.15, 0.2) is 5.75 Å². The van der Waals surface area contributed by atoms with Crippen molar-refractivity contribution < 1.29 is 19.4 Å². The summed E-state index contributed by atoms with van der Waals surface area (Å²) in [5, 5.41) is 11.0. The van der Waals surface area contributed by atoms with E-state index < -0.39 is 11.9 Å². The molecule has 1 heterocycles. The quantitative estimate of drug-likeness (QED) is 0.146. The van der Waals surface area contributed by atoms with Crippen molar-refractivity contribution in [2.45, 2.75) is 39.0 Å². The third kappa shape index (κ3) is 9.14. The molecule has 4 aromatic carbocycles. The Bertz CT molecular complexity index is 1580. The normalized spacial score (nSPS) is 18.0. The Balaban J connectivity index is 1.28. The number of carboxylic acid groups (broad SMARTS) is 1. The molecule has 0 bridgehead atoms. The number of carbonyl (C=O) groups is 1. The Morgan fingerprint density at radius 2 is 1.46 bits per heavy atom. The Hall–Kier alpha value is -3.81. The Morgan fingerprint density at radius 3 is 2.07 bits per heavy atom. The van der Waals surface area contributed by atoms with Crippen LogP contribution >= 0.6 is 23.2 Å². The maximum Gasteiger partial charge on any atom is 0.307 e. The van der Waals surface area contributed by atoms with E-state index in [9.17, 15) is 9.90 Å². The van der Waals surface area contributed by atoms with Crippen LogP contribution in [-0.2, 0) is 17.9 Å². The second kappa shape index (κ2) is 16.1. The highest BCUT2D eigenvalue weighted by Gasteiger charge is 2.38. The number of aryl methyl sites for hydroxylation is 1. The van der Waals surface area contributed by atoms with E-state index in [-0.39, 0.29) is 12.1 Å². The summed E-state index contributed by atoms with van der Waals surface area (Å²) in [5.41, 5.74) is 4.38. The summed E-state index contributed by atoms with van der Waals surface area (Å²) in [7, 11) is 0. The fraction of sp³-hybridized carbons (Fsp3) is 0.289. The van der Waals surface area contributed by atoms with Crippen molar-refractivity contribution in [3.63, 3.8) is 0 Å². The van der Waals surface area contributed by atoms with E-state index in [2.05, 4.69) is 46.2 Å². The van der Waals surface area contributed by atoms with Crippen LogP contribution in [0.5, 0.6) is 11.5 Å². The molecule has 0 radical (unpaired) electrons. The van der Waals surface area contributed by atoms with Gasteiger partial charge in [-0.05, 0) is 53.4 Å². The van der Waals surface area contributed by atoms with Crippen LogP contribution in [-0.4, -0.2) is 59.3 Å². The third-order valence-electron chi connectivity index (χ3n) is 8.30. The summed E-state index contributed by atoms with van der Waals surface area (Å²) in [6.07, 6.45) is 4.33. The van der Waals surface area contributed by atoms with Crippen LogP contribution < -0.4 is 9.47 Å². The molecule has 4 aromatic rings. The van der Waals surface area contributed by atoms with Gasteiger partial charge in [-0.15, -0.1) is 0 Å². The first-order valence-corrected chi connectivity index (χ1v) is 16.3. The average molecular weight is 660 g/mol. The van der Waals surface area contributed by atoms with Crippen molar-refractivity contribution in [3.05, 3.63) is 135 Å². The summed E-state index contributed by atoms with van der Waals surface area (Å²) >= 11 is 12.6. The first-order chi connectivity index (χ1) is 22.3. The summed E-state index contributed by atoms with van der Waals surface area (Å²) in [4.78, 5) is 17.0. The number of carboxylic acids is 1. The van der Waals surface area contributed by atoms with Gasteiger partial charge in [0.1, 0.15) is 19.0 Å². The molecule has 6 nitrogen and oxygen atoms in total. The van der Waals surface area contributed by atoms with Crippen LogP contribution in [0.25, 0.3) is 6.08 Å². The molecular formula is C38H40Cl2N2O4. The molecule has 0 spiro atoms. The standard InChI is InChI=1S/C38H40Cl2N2O4/c1-27-21-34(39)37(35(40)22-27)46-20-19-45-33-17-14-29(15-18-33)13-16-32-25-41(23-30-9-5-3-6-10-30)26-36(28(2)38(43)44)42(32)24-31-11-7-4-8-12-31/h3-18,21-22,28,32,36H,19-20,23-26H2,1-2H3,(H,43,44)/b16-13+. The van der Waals surface area contributed by atoms with Crippen LogP contribution in [0.4, 0.5) is 0 Å². The summed E-state index contributed by atoms with van der Waals surface area (Å²) < 4.78 is 11.7. The van der Waals surface area contributed by atoms with E-state index in [0.717, 1.165) is 35.5 Å². The maximum atomic E-state index is 12.3. The number of nitrogens with zero attached hydrogens (tertiary/aromatic N) is 2. The molecule has 0 amide bonds. The number of hydrogen-bond acceptors (Lipinski definition) is 5. The van der Waals surface area contributed by atoms with Crippen LogP contribution in [0, 0.1) is 12.8 Å². The van der Waals surface area contributed by atoms with Gasteiger partial charge >= 0.3 is 5.97 Å². The Morgan fingerprint density at radius 1 is 0.870 bits per heavy atom.